The Hall–Kier alpha value is -2.91. The number of benzene rings is 1. The molecule has 0 saturated carbocycles. The van der Waals surface area contributed by atoms with Crippen LogP contribution in [0.3, 0.4) is 0 Å². The number of aryl methyl sites for hydroxylation is 1. The minimum atomic E-state index is 0.120. The van der Waals surface area contributed by atoms with Gasteiger partial charge < -0.3 is 10.0 Å². The van der Waals surface area contributed by atoms with Gasteiger partial charge in [0.2, 0.25) is 0 Å². The molecule has 25 heavy (non-hydrogen) atoms. The van der Waals surface area contributed by atoms with Crippen molar-refractivity contribution >= 4 is 16.7 Å². The van der Waals surface area contributed by atoms with Crippen molar-refractivity contribution in [2.45, 2.75) is 5.92 Å². The predicted molar refractivity (Wildman–Crippen MR) is 95.2 cm³/mol. The molecule has 4 rings (SSSR count). The number of rotatable bonds is 3. The Morgan fingerprint density at radius 2 is 2.16 bits per heavy atom. The van der Waals surface area contributed by atoms with Gasteiger partial charge in [0.05, 0.1) is 23.3 Å². The minimum absolute atomic E-state index is 0.120. The summed E-state index contributed by atoms with van der Waals surface area (Å²) >= 11 is 0. The van der Waals surface area contributed by atoms with Gasteiger partial charge in [-0.15, -0.1) is 0 Å². The van der Waals surface area contributed by atoms with E-state index in [1.807, 2.05) is 49.8 Å². The third-order valence-corrected chi connectivity index (χ3v) is 4.98. The summed E-state index contributed by atoms with van der Waals surface area (Å²) in [6, 6.07) is 11.8. The molecule has 1 fully saturated rings. The van der Waals surface area contributed by atoms with E-state index in [1.54, 1.807) is 4.68 Å². The summed E-state index contributed by atoms with van der Waals surface area (Å²) in [5.74, 6) is 1.13. The zero-order chi connectivity index (χ0) is 17.4. The second kappa shape index (κ2) is 6.19. The average molecular weight is 333 g/mol. The fourth-order valence-electron chi connectivity index (χ4n) is 3.67. The Kier molecular flexibility index (Phi) is 3.86. The number of anilines is 1. The minimum Gasteiger partial charge on any atom is -0.396 e. The summed E-state index contributed by atoms with van der Waals surface area (Å²) in [7, 11) is 1.90. The smallest absolute Gasteiger partial charge is 0.130 e. The molecule has 0 bridgehead atoms. The van der Waals surface area contributed by atoms with Gasteiger partial charge in [-0.25, -0.2) is 4.98 Å². The Labute approximate surface area is 145 Å². The first kappa shape index (κ1) is 15.6. The number of aliphatic hydroxyl groups excluding tert-OH is 1. The Bertz CT molecular complexity index is 958. The summed E-state index contributed by atoms with van der Waals surface area (Å²) < 4.78 is 1.79. The second-order valence-electron chi connectivity index (χ2n) is 6.56. The van der Waals surface area contributed by atoms with Crippen LogP contribution in [0.5, 0.6) is 0 Å². The molecule has 3 heterocycles. The predicted octanol–water partition coefficient (Wildman–Crippen LogP) is 2.05. The number of hydrogen-bond acceptors (Lipinski definition) is 5. The van der Waals surface area contributed by atoms with Crippen LogP contribution in [-0.4, -0.2) is 39.6 Å². The van der Waals surface area contributed by atoms with Crippen LogP contribution in [0.25, 0.3) is 10.9 Å². The number of para-hydroxylation sites is 1. The molecule has 0 radical (unpaired) electrons. The maximum Gasteiger partial charge on any atom is 0.130 e. The topological polar surface area (TPSA) is 78.0 Å². The number of fused-ring (bicyclic) bond motifs is 1. The van der Waals surface area contributed by atoms with Crippen LogP contribution in [0.1, 0.15) is 17.0 Å². The van der Waals surface area contributed by atoms with Gasteiger partial charge in [0.15, 0.2) is 0 Å². The van der Waals surface area contributed by atoms with Crippen molar-refractivity contribution in [3.05, 3.63) is 53.9 Å². The molecule has 0 aliphatic carbocycles. The van der Waals surface area contributed by atoms with Crippen molar-refractivity contribution in [2.24, 2.45) is 13.0 Å². The Balaban J connectivity index is 1.71. The van der Waals surface area contributed by atoms with Gasteiger partial charge in [-0.05, 0) is 17.7 Å². The monoisotopic (exact) mass is 333 g/mol. The zero-order valence-electron chi connectivity index (χ0n) is 14.0. The SMILES string of the molecule is Cn1cc([C@@H]2CN(c3cc(C#N)c4ccccc4n3)C[C@H]2CO)cn1. The zero-order valence-corrected chi connectivity index (χ0v) is 14.0. The summed E-state index contributed by atoms with van der Waals surface area (Å²) in [5, 5.41) is 24.4. The van der Waals surface area contributed by atoms with Crippen molar-refractivity contribution in [3.8, 4) is 6.07 Å². The van der Waals surface area contributed by atoms with Crippen molar-refractivity contribution in [2.75, 3.05) is 24.6 Å². The van der Waals surface area contributed by atoms with Gasteiger partial charge in [0.25, 0.3) is 0 Å². The summed E-state index contributed by atoms with van der Waals surface area (Å²) in [5.41, 5.74) is 2.58. The molecule has 2 atom stereocenters. The third-order valence-electron chi connectivity index (χ3n) is 4.98. The van der Waals surface area contributed by atoms with Crippen LogP contribution in [0.2, 0.25) is 0 Å². The van der Waals surface area contributed by atoms with Crippen molar-refractivity contribution in [1.82, 2.24) is 14.8 Å². The molecule has 1 aliphatic rings. The molecule has 1 N–H and O–H groups in total. The largest absolute Gasteiger partial charge is 0.396 e. The molecule has 126 valence electrons. The molecule has 0 unspecified atom stereocenters. The third kappa shape index (κ3) is 2.73. The average Bonchev–Trinajstić information content (AvgIpc) is 3.26. The molecule has 3 aromatic rings. The molecule has 1 aromatic carbocycles. The molecule has 1 saturated heterocycles. The molecule has 1 aliphatic heterocycles. The maximum atomic E-state index is 9.82. The number of nitrogens with zero attached hydrogens (tertiary/aromatic N) is 5. The van der Waals surface area contributed by atoms with E-state index in [2.05, 4.69) is 16.1 Å². The van der Waals surface area contributed by atoms with Crippen molar-refractivity contribution in [3.63, 3.8) is 0 Å². The summed E-state index contributed by atoms with van der Waals surface area (Å²) in [6.07, 6.45) is 3.87. The van der Waals surface area contributed by atoms with E-state index < -0.39 is 0 Å². The highest BCUT2D eigenvalue weighted by atomic mass is 16.3. The number of aromatic nitrogens is 3. The first-order chi connectivity index (χ1) is 12.2. The molecular formula is C19H19N5O. The molecule has 0 amide bonds. The van der Waals surface area contributed by atoms with Crippen molar-refractivity contribution in [1.29, 1.82) is 5.26 Å². The first-order valence-corrected chi connectivity index (χ1v) is 8.34. The molecular weight excluding hydrogens is 314 g/mol. The number of aliphatic hydroxyl groups is 1. The molecule has 0 spiro atoms. The van der Waals surface area contributed by atoms with Gasteiger partial charge in [-0.2, -0.15) is 10.4 Å². The molecule has 6 heteroatoms. The van der Waals surface area contributed by atoms with E-state index >= 15 is 0 Å². The fraction of sp³-hybridized carbons (Fsp3) is 0.316. The maximum absolute atomic E-state index is 9.82. The van der Waals surface area contributed by atoms with Crippen LogP contribution >= 0.6 is 0 Å². The molecule has 6 nitrogen and oxygen atoms in total. The van der Waals surface area contributed by atoms with Gasteiger partial charge in [0.1, 0.15) is 5.82 Å². The molecule has 2 aromatic heterocycles. The Morgan fingerprint density at radius 3 is 2.88 bits per heavy atom. The number of pyridine rings is 1. The highest BCUT2D eigenvalue weighted by Gasteiger charge is 2.35. The van der Waals surface area contributed by atoms with Gasteiger partial charge in [-0.1, -0.05) is 18.2 Å². The van der Waals surface area contributed by atoms with E-state index in [0.29, 0.717) is 12.1 Å². The number of nitriles is 1. The Morgan fingerprint density at radius 1 is 1.32 bits per heavy atom. The van der Waals surface area contributed by atoms with E-state index in [9.17, 15) is 10.4 Å². The van der Waals surface area contributed by atoms with Crippen LogP contribution < -0.4 is 4.90 Å². The van der Waals surface area contributed by atoms with Gasteiger partial charge in [-0.3, -0.25) is 4.68 Å². The van der Waals surface area contributed by atoms with Crippen LogP contribution in [0.4, 0.5) is 5.82 Å². The van der Waals surface area contributed by atoms with E-state index in [-0.39, 0.29) is 18.4 Å². The van der Waals surface area contributed by atoms with E-state index in [0.717, 1.165) is 28.8 Å². The van der Waals surface area contributed by atoms with Crippen LogP contribution in [0, 0.1) is 17.2 Å². The second-order valence-corrected chi connectivity index (χ2v) is 6.56. The lowest BCUT2D eigenvalue weighted by molar-refractivity contribution is 0.227. The van der Waals surface area contributed by atoms with Crippen LogP contribution in [0.15, 0.2) is 42.7 Å². The first-order valence-electron chi connectivity index (χ1n) is 8.34. The lowest BCUT2D eigenvalue weighted by Crippen LogP contribution is -2.21. The lowest BCUT2D eigenvalue weighted by atomic mass is 9.92. The highest BCUT2D eigenvalue weighted by molar-refractivity contribution is 5.86. The van der Waals surface area contributed by atoms with Gasteiger partial charge >= 0.3 is 0 Å². The van der Waals surface area contributed by atoms with Crippen molar-refractivity contribution < 1.29 is 5.11 Å². The standard InChI is InChI=1S/C19H19N5O/c1-23-9-14(8-21-23)17-11-24(10-15(17)12-25)19-6-13(7-20)16-4-2-3-5-18(16)22-19/h2-6,8-9,15,17,25H,10-12H2,1H3/t15-,17-/m0/s1. The summed E-state index contributed by atoms with van der Waals surface area (Å²) in [4.78, 5) is 6.90. The highest BCUT2D eigenvalue weighted by Crippen LogP contribution is 2.35. The van der Waals surface area contributed by atoms with E-state index in [4.69, 9.17) is 4.98 Å². The lowest BCUT2D eigenvalue weighted by Gasteiger charge is -2.18. The number of hydrogen-bond donors (Lipinski definition) is 1. The normalized spacial score (nSPS) is 20.1. The summed E-state index contributed by atoms with van der Waals surface area (Å²) in [6.45, 7) is 1.59. The quantitative estimate of drug-likeness (QED) is 0.794. The van der Waals surface area contributed by atoms with Gasteiger partial charge in [0, 0.05) is 50.2 Å². The van der Waals surface area contributed by atoms with E-state index in [1.165, 1.54) is 0 Å². The van der Waals surface area contributed by atoms with Crippen LogP contribution in [-0.2, 0) is 7.05 Å². The fourth-order valence-corrected chi connectivity index (χ4v) is 3.67.